The lowest BCUT2D eigenvalue weighted by atomic mass is 10.0. The fourth-order valence-electron chi connectivity index (χ4n) is 2.91. The Bertz CT molecular complexity index is 1010. The van der Waals surface area contributed by atoms with Crippen molar-refractivity contribution in [3.8, 4) is 28.4 Å². The molecule has 0 atom stereocenters. The third-order valence-electron chi connectivity index (χ3n) is 4.30. The molecule has 3 N–H and O–H groups in total. The number of aliphatic hydroxyl groups is 1. The molecule has 0 aliphatic carbocycles. The molecule has 0 radical (unpaired) electrons. The number of hydrogen-bond acceptors (Lipinski definition) is 7. The van der Waals surface area contributed by atoms with Crippen molar-refractivity contribution < 1.29 is 24.1 Å². The molecule has 1 aromatic heterocycles. The van der Waals surface area contributed by atoms with Crippen LogP contribution in [0.5, 0.6) is 17.2 Å². The van der Waals surface area contributed by atoms with Gasteiger partial charge in [0.1, 0.15) is 17.6 Å². The number of aliphatic hydroxyl groups excluding tert-OH is 1. The van der Waals surface area contributed by atoms with Crippen molar-refractivity contribution in [1.82, 2.24) is 5.32 Å². The second-order valence-electron chi connectivity index (χ2n) is 5.89. The van der Waals surface area contributed by atoms with Crippen LogP contribution in [-0.2, 0) is 6.54 Å². The summed E-state index contributed by atoms with van der Waals surface area (Å²) in [6, 6.07) is 8.19. The number of rotatable bonds is 7. The minimum atomic E-state index is -0.216. The maximum absolute atomic E-state index is 13.0. The number of methoxy groups -OCH3 is 2. The molecule has 142 valence electrons. The summed E-state index contributed by atoms with van der Waals surface area (Å²) in [5.74, 6) is 1.10. The lowest BCUT2D eigenvalue weighted by molar-refractivity contribution is 0.291. The fraction of sp³-hybridized carbons (Fsp3) is 0.250. The molecule has 0 bridgehead atoms. The molecule has 2 aromatic carbocycles. The zero-order valence-corrected chi connectivity index (χ0v) is 15.1. The predicted molar refractivity (Wildman–Crippen MR) is 101 cm³/mol. The predicted octanol–water partition coefficient (Wildman–Crippen LogP) is 2.26. The number of ether oxygens (including phenoxy) is 2. The molecule has 1 heterocycles. The van der Waals surface area contributed by atoms with E-state index in [1.165, 1.54) is 25.5 Å². The molecule has 0 spiro atoms. The zero-order chi connectivity index (χ0) is 19.4. The van der Waals surface area contributed by atoms with Crippen molar-refractivity contribution >= 4 is 11.0 Å². The lowest BCUT2D eigenvalue weighted by Gasteiger charge is -2.11. The van der Waals surface area contributed by atoms with E-state index in [-0.39, 0.29) is 24.3 Å². The summed E-state index contributed by atoms with van der Waals surface area (Å²) in [5, 5.41) is 22.3. The minimum absolute atomic E-state index is 0.0231. The van der Waals surface area contributed by atoms with Gasteiger partial charge < -0.3 is 29.4 Å². The Labute approximate surface area is 155 Å². The van der Waals surface area contributed by atoms with Gasteiger partial charge in [-0.25, -0.2) is 0 Å². The lowest BCUT2D eigenvalue weighted by Crippen LogP contribution is -2.18. The Balaban J connectivity index is 2.11. The van der Waals surface area contributed by atoms with E-state index in [9.17, 15) is 9.90 Å². The molecule has 3 rings (SSSR count). The van der Waals surface area contributed by atoms with Crippen LogP contribution in [0.25, 0.3) is 22.1 Å². The fourth-order valence-corrected chi connectivity index (χ4v) is 2.91. The van der Waals surface area contributed by atoms with Crippen LogP contribution in [0.1, 0.15) is 5.56 Å². The summed E-state index contributed by atoms with van der Waals surface area (Å²) in [6.45, 7) is 0.602. The molecule has 0 aliphatic heterocycles. The second kappa shape index (κ2) is 8.11. The van der Waals surface area contributed by atoms with Gasteiger partial charge in [0.25, 0.3) is 0 Å². The summed E-state index contributed by atoms with van der Waals surface area (Å²) in [6.07, 6.45) is 1.38. The Morgan fingerprint density at radius 1 is 1.11 bits per heavy atom. The third kappa shape index (κ3) is 3.60. The molecule has 3 aromatic rings. The van der Waals surface area contributed by atoms with Crippen molar-refractivity contribution in [3.63, 3.8) is 0 Å². The van der Waals surface area contributed by atoms with Gasteiger partial charge in [0, 0.05) is 13.1 Å². The van der Waals surface area contributed by atoms with E-state index in [0.29, 0.717) is 45.7 Å². The third-order valence-corrected chi connectivity index (χ3v) is 4.30. The first kappa shape index (κ1) is 18.8. The SMILES string of the molecule is COc1ccc(-c2coc3c(CNCCO)c(O)ccc3c2=O)cc1OC. The zero-order valence-electron chi connectivity index (χ0n) is 15.1. The summed E-state index contributed by atoms with van der Waals surface area (Å²) in [7, 11) is 3.07. The van der Waals surface area contributed by atoms with Gasteiger partial charge in [-0.3, -0.25) is 4.79 Å². The molecule has 0 fully saturated rings. The topological polar surface area (TPSA) is 101 Å². The van der Waals surface area contributed by atoms with Gasteiger partial charge in [-0.15, -0.1) is 0 Å². The second-order valence-corrected chi connectivity index (χ2v) is 5.89. The van der Waals surface area contributed by atoms with Crippen LogP contribution in [0, 0.1) is 0 Å². The Kier molecular flexibility index (Phi) is 5.63. The monoisotopic (exact) mass is 371 g/mol. The first-order valence-corrected chi connectivity index (χ1v) is 8.41. The molecule has 0 aliphatic rings. The first-order valence-electron chi connectivity index (χ1n) is 8.41. The molecule has 0 saturated heterocycles. The van der Waals surface area contributed by atoms with E-state index in [2.05, 4.69) is 5.32 Å². The molecule has 0 saturated carbocycles. The van der Waals surface area contributed by atoms with Crippen LogP contribution in [-0.4, -0.2) is 37.6 Å². The first-order chi connectivity index (χ1) is 13.1. The van der Waals surface area contributed by atoms with Crippen molar-refractivity contribution in [3.05, 3.63) is 52.4 Å². The van der Waals surface area contributed by atoms with Gasteiger partial charge in [-0.05, 0) is 29.8 Å². The number of phenols is 1. The highest BCUT2D eigenvalue weighted by Crippen LogP contribution is 2.33. The number of benzene rings is 2. The van der Waals surface area contributed by atoms with Crippen LogP contribution < -0.4 is 20.2 Å². The van der Waals surface area contributed by atoms with Gasteiger partial charge in [-0.1, -0.05) is 6.07 Å². The normalized spacial score (nSPS) is 10.9. The van der Waals surface area contributed by atoms with Crippen LogP contribution in [0.15, 0.2) is 45.8 Å². The standard InChI is InChI=1S/C20H21NO6/c1-25-17-6-3-12(9-18(17)26-2)15-11-27-20-13(19(15)24)4-5-16(23)14(20)10-21-7-8-22/h3-6,9,11,21-23H,7-8,10H2,1-2H3. The molecule has 27 heavy (non-hydrogen) atoms. The van der Waals surface area contributed by atoms with E-state index in [4.69, 9.17) is 19.0 Å². The van der Waals surface area contributed by atoms with Gasteiger partial charge in [0.05, 0.1) is 37.3 Å². The van der Waals surface area contributed by atoms with Gasteiger partial charge in [-0.2, -0.15) is 0 Å². The molecule has 0 unspecified atom stereocenters. The number of fused-ring (bicyclic) bond motifs is 1. The highest BCUT2D eigenvalue weighted by molar-refractivity contribution is 5.85. The number of aromatic hydroxyl groups is 1. The number of phenolic OH excluding ortho intramolecular Hbond substituents is 1. The van der Waals surface area contributed by atoms with Crippen LogP contribution in [0.2, 0.25) is 0 Å². The molecule has 0 amide bonds. The van der Waals surface area contributed by atoms with E-state index in [1.54, 1.807) is 25.3 Å². The average molecular weight is 371 g/mol. The van der Waals surface area contributed by atoms with Crippen LogP contribution in [0.3, 0.4) is 0 Å². The van der Waals surface area contributed by atoms with E-state index in [0.717, 1.165) is 0 Å². The maximum Gasteiger partial charge on any atom is 0.200 e. The highest BCUT2D eigenvalue weighted by atomic mass is 16.5. The number of hydrogen-bond donors (Lipinski definition) is 3. The summed E-state index contributed by atoms with van der Waals surface area (Å²) in [4.78, 5) is 13.0. The van der Waals surface area contributed by atoms with Gasteiger partial charge in [0.2, 0.25) is 5.43 Å². The Morgan fingerprint density at radius 3 is 2.59 bits per heavy atom. The molecule has 7 nitrogen and oxygen atoms in total. The molecular formula is C20H21NO6. The van der Waals surface area contributed by atoms with E-state index < -0.39 is 0 Å². The van der Waals surface area contributed by atoms with Crippen molar-refractivity contribution in [1.29, 1.82) is 0 Å². The number of nitrogens with one attached hydrogen (secondary N) is 1. The smallest absolute Gasteiger partial charge is 0.200 e. The van der Waals surface area contributed by atoms with Crippen LogP contribution in [0.4, 0.5) is 0 Å². The Hall–Kier alpha value is -3.03. The quantitative estimate of drug-likeness (QED) is 0.548. The summed E-state index contributed by atoms with van der Waals surface area (Å²) >= 11 is 0. The largest absolute Gasteiger partial charge is 0.507 e. The van der Waals surface area contributed by atoms with Gasteiger partial charge >= 0.3 is 0 Å². The van der Waals surface area contributed by atoms with Crippen molar-refractivity contribution in [2.75, 3.05) is 27.4 Å². The van der Waals surface area contributed by atoms with Gasteiger partial charge in [0.15, 0.2) is 11.5 Å². The van der Waals surface area contributed by atoms with E-state index >= 15 is 0 Å². The average Bonchev–Trinajstić information content (AvgIpc) is 2.69. The molecular weight excluding hydrogens is 350 g/mol. The summed E-state index contributed by atoms with van der Waals surface area (Å²) in [5.41, 5.74) is 1.58. The molecule has 7 heteroatoms. The highest BCUT2D eigenvalue weighted by Gasteiger charge is 2.16. The summed E-state index contributed by atoms with van der Waals surface area (Å²) < 4.78 is 16.2. The minimum Gasteiger partial charge on any atom is -0.507 e. The van der Waals surface area contributed by atoms with Crippen molar-refractivity contribution in [2.45, 2.75) is 6.54 Å². The Morgan fingerprint density at radius 2 is 1.89 bits per heavy atom. The van der Waals surface area contributed by atoms with E-state index in [1.807, 2.05) is 0 Å². The maximum atomic E-state index is 13.0. The van der Waals surface area contributed by atoms with Crippen LogP contribution >= 0.6 is 0 Å². The van der Waals surface area contributed by atoms with Crippen molar-refractivity contribution in [2.24, 2.45) is 0 Å².